The van der Waals surface area contributed by atoms with Crippen LogP contribution in [0.4, 0.5) is 0 Å². The number of benzene rings is 3. The predicted molar refractivity (Wildman–Crippen MR) is 150 cm³/mol. The van der Waals surface area contributed by atoms with Gasteiger partial charge in [0.2, 0.25) is 5.91 Å². The zero-order valence-electron chi connectivity index (χ0n) is 21.1. The average molecular weight is 538 g/mol. The number of rotatable bonds is 7. The molecule has 2 heterocycles. The summed E-state index contributed by atoms with van der Waals surface area (Å²) in [5, 5.41) is 12.4. The van der Waals surface area contributed by atoms with Crippen LogP contribution in [-0.4, -0.2) is 53.5 Å². The fraction of sp³-hybridized carbons (Fsp3) is 0.387. The molecule has 2 aliphatic rings. The minimum atomic E-state index is -0.925. The molecule has 5 rings (SSSR count). The number of piperidine rings is 1. The summed E-state index contributed by atoms with van der Waals surface area (Å²) in [5.74, 6) is 0.201. The van der Waals surface area contributed by atoms with E-state index in [9.17, 15) is 9.90 Å². The van der Waals surface area contributed by atoms with Crippen LogP contribution in [0.3, 0.4) is 0 Å². The van der Waals surface area contributed by atoms with Crippen molar-refractivity contribution in [3.05, 3.63) is 106 Å². The van der Waals surface area contributed by atoms with Crippen molar-refractivity contribution >= 4 is 29.1 Å². The normalized spacial score (nSPS) is 18.2. The third-order valence-corrected chi connectivity index (χ3v) is 8.97. The minimum Gasteiger partial charge on any atom is -0.385 e. The number of likely N-dealkylation sites (tertiary alicyclic amines) is 2. The van der Waals surface area contributed by atoms with Crippen molar-refractivity contribution < 1.29 is 9.90 Å². The molecule has 0 saturated carbocycles. The van der Waals surface area contributed by atoms with E-state index in [1.807, 2.05) is 42.5 Å². The van der Waals surface area contributed by atoms with Crippen molar-refractivity contribution in [1.82, 2.24) is 9.80 Å². The lowest BCUT2D eigenvalue weighted by Gasteiger charge is -2.42. The van der Waals surface area contributed by atoms with Gasteiger partial charge >= 0.3 is 0 Å². The molecule has 0 atom stereocenters. The fourth-order valence-electron chi connectivity index (χ4n) is 5.99. The van der Waals surface area contributed by atoms with Gasteiger partial charge in [-0.15, -0.1) is 0 Å². The molecule has 194 valence electrons. The van der Waals surface area contributed by atoms with Crippen LogP contribution < -0.4 is 0 Å². The topological polar surface area (TPSA) is 43.8 Å². The molecule has 0 unspecified atom stereocenters. The van der Waals surface area contributed by atoms with E-state index in [4.69, 9.17) is 23.2 Å². The lowest BCUT2D eigenvalue weighted by atomic mass is 9.70. The van der Waals surface area contributed by atoms with E-state index in [-0.39, 0.29) is 5.91 Å². The quantitative estimate of drug-likeness (QED) is 0.386. The second-order valence-electron chi connectivity index (χ2n) is 10.4. The maximum atomic E-state index is 14.3. The molecule has 2 fully saturated rings. The zero-order chi connectivity index (χ0) is 25.9. The zero-order valence-corrected chi connectivity index (χ0v) is 22.6. The van der Waals surface area contributed by atoms with E-state index in [0.717, 1.165) is 62.3 Å². The predicted octanol–water partition coefficient (Wildman–Crippen LogP) is 6.28. The SMILES string of the molecule is O=C(N1CCCC1)C(CCN1CCC(O)(c2ccc(Cl)c(Cl)c2)CC1)(c1ccccc1)c1ccccc1. The molecule has 2 saturated heterocycles. The Hall–Kier alpha value is -2.37. The number of nitrogens with zero attached hydrogens (tertiary/aromatic N) is 2. The molecule has 1 amide bonds. The summed E-state index contributed by atoms with van der Waals surface area (Å²) < 4.78 is 0. The Balaban J connectivity index is 1.40. The van der Waals surface area contributed by atoms with Gasteiger partial charge in [-0.1, -0.05) is 89.9 Å². The highest BCUT2D eigenvalue weighted by molar-refractivity contribution is 6.42. The van der Waals surface area contributed by atoms with Gasteiger partial charge in [0, 0.05) is 26.2 Å². The number of amides is 1. The molecule has 0 aromatic heterocycles. The van der Waals surface area contributed by atoms with Gasteiger partial charge in [-0.3, -0.25) is 4.79 Å². The first-order chi connectivity index (χ1) is 17.9. The molecule has 0 aliphatic carbocycles. The maximum Gasteiger partial charge on any atom is 0.237 e. The molecular weight excluding hydrogens is 503 g/mol. The summed E-state index contributed by atoms with van der Waals surface area (Å²) in [6, 6.07) is 25.9. The van der Waals surface area contributed by atoms with Gasteiger partial charge in [0.25, 0.3) is 0 Å². The molecule has 6 heteroatoms. The van der Waals surface area contributed by atoms with Crippen molar-refractivity contribution in [3.8, 4) is 0 Å². The van der Waals surface area contributed by atoms with Crippen LogP contribution in [0, 0.1) is 0 Å². The van der Waals surface area contributed by atoms with E-state index in [1.165, 1.54) is 0 Å². The second-order valence-corrected chi connectivity index (χ2v) is 11.2. The van der Waals surface area contributed by atoms with Crippen molar-refractivity contribution in [3.63, 3.8) is 0 Å². The minimum absolute atomic E-state index is 0.201. The Morgan fingerprint density at radius 2 is 1.38 bits per heavy atom. The average Bonchev–Trinajstić information content (AvgIpc) is 3.48. The molecule has 2 aliphatic heterocycles. The van der Waals surface area contributed by atoms with Crippen LogP contribution in [0.5, 0.6) is 0 Å². The molecule has 0 radical (unpaired) electrons. The first kappa shape index (κ1) is 26.2. The lowest BCUT2D eigenvalue weighted by molar-refractivity contribution is -0.135. The molecule has 37 heavy (non-hydrogen) atoms. The largest absolute Gasteiger partial charge is 0.385 e. The highest BCUT2D eigenvalue weighted by atomic mass is 35.5. The third kappa shape index (κ3) is 5.31. The van der Waals surface area contributed by atoms with Gasteiger partial charge in [-0.2, -0.15) is 0 Å². The van der Waals surface area contributed by atoms with Gasteiger partial charge in [-0.05, 0) is 67.5 Å². The fourth-order valence-corrected chi connectivity index (χ4v) is 6.29. The van der Waals surface area contributed by atoms with Gasteiger partial charge < -0.3 is 14.9 Å². The van der Waals surface area contributed by atoms with Crippen molar-refractivity contribution in [1.29, 1.82) is 0 Å². The Morgan fingerprint density at radius 3 is 1.92 bits per heavy atom. The summed E-state index contributed by atoms with van der Waals surface area (Å²) in [7, 11) is 0. The van der Waals surface area contributed by atoms with Gasteiger partial charge in [0.15, 0.2) is 0 Å². The van der Waals surface area contributed by atoms with Crippen LogP contribution in [0.15, 0.2) is 78.9 Å². The molecule has 1 N–H and O–H groups in total. The van der Waals surface area contributed by atoms with Gasteiger partial charge in [0.1, 0.15) is 5.41 Å². The van der Waals surface area contributed by atoms with Crippen LogP contribution in [0.25, 0.3) is 0 Å². The number of hydrogen-bond donors (Lipinski definition) is 1. The lowest BCUT2D eigenvalue weighted by Crippen LogP contribution is -2.50. The first-order valence-electron chi connectivity index (χ1n) is 13.2. The number of aliphatic hydroxyl groups is 1. The molecule has 3 aromatic rings. The number of carbonyl (C=O) groups excluding carboxylic acids is 1. The molecule has 3 aromatic carbocycles. The smallest absolute Gasteiger partial charge is 0.237 e. The van der Waals surface area contributed by atoms with E-state index >= 15 is 0 Å². The maximum absolute atomic E-state index is 14.3. The highest BCUT2D eigenvalue weighted by Gasteiger charge is 2.45. The number of hydrogen-bond acceptors (Lipinski definition) is 3. The van der Waals surface area contributed by atoms with E-state index in [1.54, 1.807) is 12.1 Å². The van der Waals surface area contributed by atoms with Gasteiger partial charge in [-0.25, -0.2) is 0 Å². The highest BCUT2D eigenvalue weighted by Crippen LogP contribution is 2.40. The number of halogens is 2. The van der Waals surface area contributed by atoms with E-state index < -0.39 is 11.0 Å². The molecular formula is C31H34Cl2N2O2. The van der Waals surface area contributed by atoms with E-state index in [0.29, 0.717) is 29.3 Å². The monoisotopic (exact) mass is 536 g/mol. The molecule has 4 nitrogen and oxygen atoms in total. The third-order valence-electron chi connectivity index (χ3n) is 8.23. The molecule has 0 bridgehead atoms. The number of carbonyl (C=O) groups is 1. The molecule has 0 spiro atoms. The summed E-state index contributed by atoms with van der Waals surface area (Å²) >= 11 is 12.3. The van der Waals surface area contributed by atoms with Crippen molar-refractivity contribution in [2.75, 3.05) is 32.7 Å². The van der Waals surface area contributed by atoms with Gasteiger partial charge in [0.05, 0.1) is 15.6 Å². The Kier molecular flexibility index (Phi) is 7.92. The van der Waals surface area contributed by atoms with Crippen molar-refractivity contribution in [2.24, 2.45) is 0 Å². The summed E-state index contributed by atoms with van der Waals surface area (Å²) in [6.07, 6.45) is 4.01. The van der Waals surface area contributed by atoms with Crippen LogP contribution in [0.1, 0.15) is 48.8 Å². The van der Waals surface area contributed by atoms with E-state index in [2.05, 4.69) is 34.1 Å². The van der Waals surface area contributed by atoms with Crippen LogP contribution >= 0.6 is 23.2 Å². The Labute approximate surface area is 229 Å². The van der Waals surface area contributed by atoms with Crippen LogP contribution in [-0.2, 0) is 15.8 Å². The Morgan fingerprint density at radius 1 is 0.811 bits per heavy atom. The summed E-state index contributed by atoms with van der Waals surface area (Å²) in [5.41, 5.74) is 1.23. The van der Waals surface area contributed by atoms with Crippen LogP contribution in [0.2, 0.25) is 10.0 Å². The Bertz CT molecular complexity index is 1160. The first-order valence-corrected chi connectivity index (χ1v) is 14.0. The standard InChI is InChI=1S/C31H34Cl2N2O2/c32-27-14-13-26(23-28(27)33)30(37)15-20-34(21-16-30)22-17-31(24-9-3-1-4-10-24,25-11-5-2-6-12-25)29(36)35-18-7-8-19-35/h1-6,9-14,23,37H,7-8,15-22H2. The second kappa shape index (κ2) is 11.2. The summed E-state index contributed by atoms with van der Waals surface area (Å²) in [4.78, 5) is 18.8. The summed E-state index contributed by atoms with van der Waals surface area (Å²) in [6.45, 7) is 3.89. The van der Waals surface area contributed by atoms with Crippen molar-refractivity contribution in [2.45, 2.75) is 43.1 Å².